The lowest BCUT2D eigenvalue weighted by Gasteiger charge is -2.16. The van der Waals surface area contributed by atoms with Gasteiger partial charge in [-0.25, -0.2) is 0 Å². The summed E-state index contributed by atoms with van der Waals surface area (Å²) in [4.78, 5) is 23.9. The zero-order chi connectivity index (χ0) is 22.3. The fourth-order valence-corrected chi connectivity index (χ4v) is 3.09. The highest BCUT2D eigenvalue weighted by atomic mass is 35.5. The molecule has 7 nitrogen and oxygen atoms in total. The average molecular weight is 429 g/mol. The number of nitriles is 1. The van der Waals surface area contributed by atoms with Crippen LogP contribution in [-0.2, 0) is 16.2 Å². The topological polar surface area (TPSA) is 109 Å². The Morgan fingerprint density at radius 3 is 2.60 bits per heavy atom. The Balaban J connectivity index is 2.35. The summed E-state index contributed by atoms with van der Waals surface area (Å²) in [5.74, 6) is -0.888. The maximum absolute atomic E-state index is 12.6. The summed E-state index contributed by atoms with van der Waals surface area (Å²) in [6, 6.07) is 11.5. The zero-order valence-corrected chi connectivity index (χ0v) is 17.5. The fraction of sp³-hybridized carbons (Fsp3) is 0.227. The summed E-state index contributed by atoms with van der Waals surface area (Å²) in [7, 11) is 1.38. The molecular formula is C22H21ClN2O5. The summed E-state index contributed by atoms with van der Waals surface area (Å²) in [5.41, 5.74) is 1.27. The molecule has 0 radical (unpaired) electrons. The highest BCUT2D eigenvalue weighted by Gasteiger charge is 2.18. The van der Waals surface area contributed by atoms with Crippen LogP contribution in [0.5, 0.6) is 11.5 Å². The van der Waals surface area contributed by atoms with E-state index < -0.39 is 24.5 Å². The Labute approximate surface area is 179 Å². The molecular weight excluding hydrogens is 408 g/mol. The molecule has 2 aromatic carbocycles. The largest absolute Gasteiger partial charge is 0.493 e. The summed E-state index contributed by atoms with van der Waals surface area (Å²) in [6.45, 7) is 2.56. The predicted octanol–water partition coefficient (Wildman–Crippen LogP) is 3.55. The van der Waals surface area contributed by atoms with Crippen molar-refractivity contribution in [1.29, 1.82) is 5.26 Å². The molecule has 1 amide bonds. The zero-order valence-electron chi connectivity index (χ0n) is 16.7. The van der Waals surface area contributed by atoms with E-state index in [1.165, 1.54) is 32.2 Å². The molecule has 2 N–H and O–H groups in total. The number of nitrogens with one attached hydrogen (secondary N) is 1. The molecule has 0 fully saturated rings. The number of nitrogens with zero attached hydrogens (tertiary/aromatic N) is 1. The Morgan fingerprint density at radius 1 is 1.33 bits per heavy atom. The standard InChI is InChI=1S/C22H21ClN2O5/c1-13(18-6-4-5-7-19(18)23)25-22(28)16(11-24)8-15-9-17(12-26)21(30-14(2)27)20(10-15)29-3/h4-10,13,26H,12H2,1-3H3,(H,25,28)/b16-8+/t13-/m0/s1. The van der Waals surface area contributed by atoms with Crippen LogP contribution in [0.15, 0.2) is 42.0 Å². The molecule has 0 heterocycles. The molecule has 0 saturated heterocycles. The minimum Gasteiger partial charge on any atom is -0.493 e. The van der Waals surface area contributed by atoms with Crippen LogP contribution in [0.25, 0.3) is 6.08 Å². The lowest BCUT2D eigenvalue weighted by Crippen LogP contribution is -2.27. The quantitative estimate of drug-likeness (QED) is 0.302. The van der Waals surface area contributed by atoms with E-state index in [1.807, 2.05) is 6.07 Å². The van der Waals surface area contributed by atoms with Gasteiger partial charge in [-0.1, -0.05) is 29.8 Å². The van der Waals surface area contributed by atoms with Gasteiger partial charge in [0.15, 0.2) is 11.5 Å². The number of amides is 1. The van der Waals surface area contributed by atoms with Gasteiger partial charge in [-0.2, -0.15) is 5.26 Å². The minimum absolute atomic E-state index is 0.0833. The van der Waals surface area contributed by atoms with Crippen LogP contribution in [0.4, 0.5) is 0 Å². The third-order valence-electron chi connectivity index (χ3n) is 4.19. The van der Waals surface area contributed by atoms with E-state index in [1.54, 1.807) is 31.2 Å². The van der Waals surface area contributed by atoms with Crippen molar-refractivity contribution in [3.05, 3.63) is 63.7 Å². The second kappa shape index (κ2) is 10.4. The summed E-state index contributed by atoms with van der Waals surface area (Å²) in [6.07, 6.45) is 1.36. The van der Waals surface area contributed by atoms with Gasteiger partial charge in [-0.15, -0.1) is 0 Å². The molecule has 0 spiro atoms. The molecule has 0 aliphatic carbocycles. The number of benzene rings is 2. The Bertz CT molecular complexity index is 1000. The fourth-order valence-electron chi connectivity index (χ4n) is 2.79. The molecule has 0 aromatic heterocycles. The van der Waals surface area contributed by atoms with Crippen LogP contribution in [0, 0.1) is 11.3 Å². The van der Waals surface area contributed by atoms with Crippen molar-refractivity contribution < 1.29 is 24.2 Å². The monoisotopic (exact) mass is 428 g/mol. The molecule has 8 heteroatoms. The lowest BCUT2D eigenvalue weighted by molar-refractivity contribution is -0.132. The van der Waals surface area contributed by atoms with Crippen LogP contribution in [-0.4, -0.2) is 24.1 Å². The SMILES string of the molecule is COc1cc(/C=C(\C#N)C(=O)N[C@@H](C)c2ccccc2Cl)cc(CO)c1OC(C)=O. The number of esters is 1. The van der Waals surface area contributed by atoms with Crippen LogP contribution in [0.3, 0.4) is 0 Å². The molecule has 1 atom stereocenters. The Hall–Kier alpha value is -3.34. The van der Waals surface area contributed by atoms with Crippen molar-refractivity contribution in [2.75, 3.05) is 7.11 Å². The van der Waals surface area contributed by atoms with Crippen molar-refractivity contribution in [3.63, 3.8) is 0 Å². The van der Waals surface area contributed by atoms with Crippen molar-refractivity contribution in [2.24, 2.45) is 0 Å². The molecule has 0 aliphatic rings. The van der Waals surface area contributed by atoms with Crippen molar-refractivity contribution >= 4 is 29.6 Å². The minimum atomic E-state index is -0.585. The first-order valence-corrected chi connectivity index (χ1v) is 9.35. The van der Waals surface area contributed by atoms with Gasteiger partial charge in [-0.05, 0) is 42.3 Å². The first-order chi connectivity index (χ1) is 14.3. The molecule has 0 bridgehead atoms. The predicted molar refractivity (Wildman–Crippen MR) is 112 cm³/mol. The molecule has 30 heavy (non-hydrogen) atoms. The second-order valence-electron chi connectivity index (χ2n) is 6.35. The smallest absolute Gasteiger partial charge is 0.308 e. The van der Waals surface area contributed by atoms with Crippen LogP contribution < -0.4 is 14.8 Å². The van der Waals surface area contributed by atoms with Gasteiger partial charge in [0.1, 0.15) is 11.6 Å². The Kier molecular flexibility index (Phi) is 7.98. The highest BCUT2D eigenvalue weighted by molar-refractivity contribution is 6.31. The first-order valence-electron chi connectivity index (χ1n) is 8.98. The van der Waals surface area contributed by atoms with Gasteiger partial charge < -0.3 is 19.9 Å². The summed E-state index contributed by atoms with van der Waals surface area (Å²) < 4.78 is 10.3. The molecule has 0 aliphatic heterocycles. The van der Waals surface area contributed by atoms with Gasteiger partial charge in [0.25, 0.3) is 5.91 Å². The highest BCUT2D eigenvalue weighted by Crippen LogP contribution is 2.34. The summed E-state index contributed by atoms with van der Waals surface area (Å²) >= 11 is 6.16. The van der Waals surface area contributed by atoms with Gasteiger partial charge in [0.2, 0.25) is 0 Å². The van der Waals surface area contributed by atoms with Gasteiger partial charge in [-0.3, -0.25) is 9.59 Å². The van der Waals surface area contributed by atoms with E-state index in [4.69, 9.17) is 21.1 Å². The number of methoxy groups -OCH3 is 1. The number of aliphatic hydroxyl groups is 1. The van der Waals surface area contributed by atoms with Crippen molar-refractivity contribution in [3.8, 4) is 17.6 Å². The number of rotatable bonds is 7. The van der Waals surface area contributed by atoms with E-state index in [9.17, 15) is 20.0 Å². The number of halogens is 1. The maximum Gasteiger partial charge on any atom is 0.308 e. The molecule has 156 valence electrons. The van der Waals surface area contributed by atoms with E-state index in [0.29, 0.717) is 10.6 Å². The lowest BCUT2D eigenvalue weighted by atomic mass is 10.0. The van der Waals surface area contributed by atoms with E-state index in [-0.39, 0.29) is 22.6 Å². The van der Waals surface area contributed by atoms with Crippen LogP contribution in [0.1, 0.15) is 36.6 Å². The average Bonchev–Trinajstić information content (AvgIpc) is 2.72. The summed E-state index contributed by atoms with van der Waals surface area (Å²) in [5, 5.41) is 22.3. The van der Waals surface area contributed by atoms with E-state index in [2.05, 4.69) is 5.32 Å². The Morgan fingerprint density at radius 2 is 2.03 bits per heavy atom. The van der Waals surface area contributed by atoms with Gasteiger partial charge >= 0.3 is 5.97 Å². The third kappa shape index (κ3) is 5.60. The number of carbonyl (C=O) groups is 2. The van der Waals surface area contributed by atoms with E-state index >= 15 is 0 Å². The van der Waals surface area contributed by atoms with Crippen molar-refractivity contribution in [1.82, 2.24) is 5.32 Å². The number of aliphatic hydroxyl groups excluding tert-OH is 1. The number of ether oxygens (including phenoxy) is 2. The number of hydrogen-bond donors (Lipinski definition) is 2. The van der Waals surface area contributed by atoms with Crippen LogP contribution in [0.2, 0.25) is 5.02 Å². The molecule has 0 unspecified atom stereocenters. The van der Waals surface area contributed by atoms with E-state index in [0.717, 1.165) is 5.56 Å². The molecule has 0 saturated carbocycles. The molecule has 2 aromatic rings. The van der Waals surface area contributed by atoms with Gasteiger partial charge in [0, 0.05) is 17.5 Å². The number of hydrogen-bond acceptors (Lipinski definition) is 6. The maximum atomic E-state index is 12.6. The second-order valence-corrected chi connectivity index (χ2v) is 6.76. The first kappa shape index (κ1) is 22.9. The van der Waals surface area contributed by atoms with Crippen LogP contribution >= 0.6 is 11.6 Å². The normalized spacial score (nSPS) is 11.9. The van der Waals surface area contributed by atoms with Gasteiger partial charge in [0.05, 0.1) is 19.8 Å². The number of carbonyl (C=O) groups excluding carboxylic acids is 2. The van der Waals surface area contributed by atoms with Crippen molar-refractivity contribution in [2.45, 2.75) is 26.5 Å². The molecule has 2 rings (SSSR count). The third-order valence-corrected chi connectivity index (χ3v) is 4.53.